The lowest BCUT2D eigenvalue weighted by Gasteiger charge is -2.29. The third kappa shape index (κ3) is 11.5. The number of nitrogen functional groups attached to an aromatic ring is 1. The van der Waals surface area contributed by atoms with Gasteiger partial charge >= 0.3 is 0 Å². The number of nitrogens with zero attached hydrogens (tertiary/aromatic N) is 6. The van der Waals surface area contributed by atoms with Crippen LogP contribution in [-0.4, -0.2) is 82.0 Å². The van der Waals surface area contributed by atoms with E-state index in [1.54, 1.807) is 30.6 Å². The van der Waals surface area contributed by atoms with Gasteiger partial charge in [-0.3, -0.25) is 4.79 Å². The van der Waals surface area contributed by atoms with Crippen LogP contribution in [0.25, 0.3) is 0 Å². The molecule has 0 bridgehead atoms. The number of nitrogens with one attached hydrogen (secondary N) is 1. The summed E-state index contributed by atoms with van der Waals surface area (Å²) >= 11 is 5.87. The summed E-state index contributed by atoms with van der Waals surface area (Å²) in [4.78, 5) is 24.4. The maximum Gasteiger partial charge on any atom is 0.290 e. The number of nitrogens with two attached hydrogens (primary N) is 1. The van der Waals surface area contributed by atoms with E-state index in [1.165, 1.54) is 17.8 Å². The van der Waals surface area contributed by atoms with Gasteiger partial charge in [0.1, 0.15) is 40.0 Å². The molecule has 3 rings (SSSR count). The van der Waals surface area contributed by atoms with Crippen molar-refractivity contribution < 1.29 is 9.47 Å². The Labute approximate surface area is 235 Å². The van der Waals surface area contributed by atoms with Gasteiger partial charge in [0.05, 0.1) is 12.4 Å². The standard InChI is InChI=1S/C16H22ClN5O2.C11H19N3O/c1-16(2,10-21(3)4)24-11-6-7-14(18-9-11)19-12-8-13(17)20-22(5)15(12)23;1-11(2,8-14(3)4)15-9-5-6-10(12)13-7-9/h6-9H,10H2,1-5H3,(H,18,19);5-7H,8H2,1-4H3,(H2,12,13). The van der Waals surface area contributed by atoms with E-state index in [4.69, 9.17) is 26.8 Å². The van der Waals surface area contributed by atoms with Crippen LogP contribution in [0.4, 0.5) is 17.3 Å². The molecular formula is C27H41ClN8O3. The van der Waals surface area contributed by atoms with Crippen molar-refractivity contribution >= 4 is 28.9 Å². The molecule has 0 aliphatic rings. The summed E-state index contributed by atoms with van der Waals surface area (Å²) in [5, 5.41) is 7.01. The first-order chi connectivity index (χ1) is 18.0. The van der Waals surface area contributed by atoms with E-state index in [0.717, 1.165) is 18.8 Å². The quantitative estimate of drug-likeness (QED) is 0.379. The Balaban J connectivity index is 0.000000306. The number of aromatic nitrogens is 4. The van der Waals surface area contributed by atoms with Crippen LogP contribution in [0.5, 0.6) is 11.5 Å². The molecule has 3 N–H and O–H groups in total. The molecule has 0 spiro atoms. The minimum Gasteiger partial charge on any atom is -0.485 e. The van der Waals surface area contributed by atoms with Gasteiger partial charge < -0.3 is 30.3 Å². The maximum atomic E-state index is 12.0. The number of hydrogen-bond acceptors (Lipinski definition) is 10. The van der Waals surface area contributed by atoms with E-state index in [1.807, 2.05) is 62.0 Å². The lowest BCUT2D eigenvalue weighted by atomic mass is 10.1. The van der Waals surface area contributed by atoms with E-state index >= 15 is 0 Å². The van der Waals surface area contributed by atoms with E-state index in [-0.39, 0.29) is 21.9 Å². The molecule has 0 fully saturated rings. The second kappa shape index (κ2) is 13.6. The Bertz CT molecular complexity index is 1240. The first-order valence-corrected chi connectivity index (χ1v) is 12.8. The molecule has 0 amide bonds. The third-order valence-corrected chi connectivity index (χ3v) is 5.16. The van der Waals surface area contributed by atoms with E-state index in [0.29, 0.717) is 23.1 Å². The van der Waals surface area contributed by atoms with Gasteiger partial charge in [-0.05, 0) is 80.2 Å². The summed E-state index contributed by atoms with van der Waals surface area (Å²) in [7, 11) is 9.57. The SMILES string of the molecule is CN(C)CC(C)(C)Oc1ccc(N)nc1.CN(C)CC(C)(C)Oc1ccc(Nc2cc(Cl)nn(C)c2=O)nc1. The number of pyridine rings is 2. The molecule has 0 unspecified atom stereocenters. The highest BCUT2D eigenvalue weighted by Gasteiger charge is 2.21. The molecule has 0 aliphatic heterocycles. The summed E-state index contributed by atoms with van der Waals surface area (Å²) in [6.45, 7) is 9.74. The highest BCUT2D eigenvalue weighted by atomic mass is 35.5. The van der Waals surface area contributed by atoms with Gasteiger partial charge in [0.2, 0.25) is 0 Å². The Morgan fingerprint density at radius 1 is 0.923 bits per heavy atom. The van der Waals surface area contributed by atoms with Gasteiger partial charge in [0.25, 0.3) is 5.56 Å². The van der Waals surface area contributed by atoms with Crippen LogP contribution >= 0.6 is 11.6 Å². The van der Waals surface area contributed by atoms with Crippen LogP contribution in [0, 0.1) is 0 Å². The molecule has 0 saturated carbocycles. The maximum absolute atomic E-state index is 12.0. The van der Waals surface area contributed by atoms with Crippen LogP contribution in [0.3, 0.4) is 0 Å². The molecule has 0 aliphatic carbocycles. The number of rotatable bonds is 10. The van der Waals surface area contributed by atoms with Gasteiger partial charge in [-0.2, -0.15) is 5.10 Å². The van der Waals surface area contributed by atoms with Gasteiger partial charge in [0, 0.05) is 26.2 Å². The fraction of sp³-hybridized carbons (Fsp3) is 0.481. The topological polar surface area (TPSA) is 124 Å². The summed E-state index contributed by atoms with van der Waals surface area (Å²) in [6.07, 6.45) is 3.26. The Morgan fingerprint density at radius 2 is 1.44 bits per heavy atom. The predicted molar refractivity (Wildman–Crippen MR) is 157 cm³/mol. The Hall–Kier alpha value is -3.41. The molecule has 0 atom stereocenters. The predicted octanol–water partition coefficient (Wildman–Crippen LogP) is 3.67. The van der Waals surface area contributed by atoms with Crippen LogP contribution in [0.1, 0.15) is 27.7 Å². The molecule has 12 heteroatoms. The third-order valence-electron chi connectivity index (χ3n) is 4.97. The smallest absolute Gasteiger partial charge is 0.290 e. The zero-order chi connectivity index (χ0) is 29.4. The summed E-state index contributed by atoms with van der Waals surface area (Å²) in [5.41, 5.74) is 4.95. The minimum absolute atomic E-state index is 0.227. The summed E-state index contributed by atoms with van der Waals surface area (Å²) in [6, 6.07) is 8.59. The molecule has 3 aromatic heterocycles. The van der Waals surface area contributed by atoms with Crippen LogP contribution in [0.2, 0.25) is 5.15 Å². The highest BCUT2D eigenvalue weighted by molar-refractivity contribution is 6.29. The fourth-order valence-electron chi connectivity index (χ4n) is 3.99. The average molecular weight is 561 g/mol. The number of anilines is 3. The van der Waals surface area contributed by atoms with Crippen molar-refractivity contribution in [2.45, 2.75) is 38.9 Å². The van der Waals surface area contributed by atoms with Crippen LogP contribution < -0.4 is 26.1 Å². The van der Waals surface area contributed by atoms with Gasteiger partial charge in [-0.1, -0.05) is 11.6 Å². The molecule has 3 aromatic rings. The number of aryl methyl sites for hydroxylation is 1. The zero-order valence-electron chi connectivity index (χ0n) is 24.3. The molecule has 0 saturated heterocycles. The average Bonchev–Trinajstić information content (AvgIpc) is 2.78. The van der Waals surface area contributed by atoms with Gasteiger partial charge in [0.15, 0.2) is 5.15 Å². The van der Waals surface area contributed by atoms with Crippen molar-refractivity contribution in [1.82, 2.24) is 29.5 Å². The number of ether oxygens (including phenoxy) is 2. The van der Waals surface area contributed by atoms with Crippen molar-refractivity contribution in [3.8, 4) is 11.5 Å². The number of likely N-dealkylation sites (N-methyl/N-ethyl adjacent to an activating group) is 2. The van der Waals surface area contributed by atoms with E-state index in [2.05, 4.69) is 30.2 Å². The van der Waals surface area contributed by atoms with Crippen LogP contribution in [0.15, 0.2) is 47.5 Å². The normalized spacial score (nSPS) is 11.7. The second-order valence-corrected chi connectivity index (χ2v) is 11.3. The van der Waals surface area contributed by atoms with Crippen molar-refractivity contribution in [3.63, 3.8) is 0 Å². The minimum atomic E-state index is -0.339. The van der Waals surface area contributed by atoms with Crippen molar-refractivity contribution in [2.24, 2.45) is 7.05 Å². The van der Waals surface area contributed by atoms with Crippen molar-refractivity contribution in [3.05, 3.63) is 58.2 Å². The summed E-state index contributed by atoms with van der Waals surface area (Å²) < 4.78 is 12.9. The van der Waals surface area contributed by atoms with E-state index < -0.39 is 0 Å². The first-order valence-electron chi connectivity index (χ1n) is 12.4. The zero-order valence-corrected chi connectivity index (χ0v) is 25.1. The monoisotopic (exact) mass is 560 g/mol. The van der Waals surface area contributed by atoms with Crippen LogP contribution in [-0.2, 0) is 7.05 Å². The largest absolute Gasteiger partial charge is 0.485 e. The first kappa shape index (κ1) is 31.8. The lowest BCUT2D eigenvalue weighted by Crippen LogP contribution is -2.39. The summed E-state index contributed by atoms with van der Waals surface area (Å²) in [5.74, 6) is 2.43. The Morgan fingerprint density at radius 3 is 1.87 bits per heavy atom. The van der Waals surface area contributed by atoms with Gasteiger partial charge in [-0.25, -0.2) is 14.6 Å². The molecule has 0 radical (unpaired) electrons. The molecule has 39 heavy (non-hydrogen) atoms. The van der Waals surface area contributed by atoms with Gasteiger partial charge in [-0.15, -0.1) is 0 Å². The number of hydrogen-bond donors (Lipinski definition) is 2. The molecular weight excluding hydrogens is 520 g/mol. The second-order valence-electron chi connectivity index (χ2n) is 10.9. The fourth-order valence-corrected chi connectivity index (χ4v) is 4.22. The Kier molecular flexibility index (Phi) is 11.1. The molecule has 11 nitrogen and oxygen atoms in total. The molecule has 3 heterocycles. The van der Waals surface area contributed by atoms with E-state index in [9.17, 15) is 4.79 Å². The molecule has 214 valence electrons. The van der Waals surface area contributed by atoms with Crippen molar-refractivity contribution in [1.29, 1.82) is 0 Å². The molecule has 0 aromatic carbocycles. The number of halogens is 1. The van der Waals surface area contributed by atoms with Crippen molar-refractivity contribution in [2.75, 3.05) is 52.3 Å². The lowest BCUT2D eigenvalue weighted by molar-refractivity contribution is 0.0767. The highest BCUT2D eigenvalue weighted by Crippen LogP contribution is 2.21.